The zero-order valence-corrected chi connectivity index (χ0v) is 9.49. The first-order valence-electron chi connectivity index (χ1n) is 5.69. The zero-order valence-electron chi connectivity index (χ0n) is 9.49. The minimum absolute atomic E-state index is 0.672. The van der Waals surface area contributed by atoms with Crippen LogP contribution < -0.4 is 10.6 Å². The summed E-state index contributed by atoms with van der Waals surface area (Å²) >= 11 is 0. The number of nitrogens with zero attached hydrogens (tertiary/aromatic N) is 1. The fourth-order valence-electron chi connectivity index (χ4n) is 1.63. The maximum atomic E-state index is 9.89. The molecule has 1 aromatic carbocycles. The molecule has 0 unspecified atom stereocenters. The zero-order chi connectivity index (χ0) is 11.9. The Balaban J connectivity index is 1.77. The van der Waals surface area contributed by atoms with Crippen LogP contribution in [-0.2, 0) is 4.79 Å². The molecule has 1 aromatic heterocycles. The van der Waals surface area contributed by atoms with Gasteiger partial charge in [0.05, 0.1) is 11.0 Å². The van der Waals surface area contributed by atoms with Crippen molar-refractivity contribution in [1.29, 1.82) is 0 Å². The van der Waals surface area contributed by atoms with Gasteiger partial charge < -0.3 is 15.6 Å². The number of aromatic nitrogens is 2. The normalized spacial score (nSPS) is 10.4. The van der Waals surface area contributed by atoms with Crippen molar-refractivity contribution >= 4 is 23.4 Å². The fourth-order valence-corrected chi connectivity index (χ4v) is 1.63. The number of carbonyl (C=O) groups excluding carboxylic acids is 1. The number of amides is 1. The number of anilines is 1. The van der Waals surface area contributed by atoms with Crippen molar-refractivity contribution in [3.8, 4) is 0 Å². The van der Waals surface area contributed by atoms with E-state index in [4.69, 9.17) is 0 Å². The second-order valence-corrected chi connectivity index (χ2v) is 3.77. The first-order valence-corrected chi connectivity index (χ1v) is 5.69. The van der Waals surface area contributed by atoms with Gasteiger partial charge in [-0.2, -0.15) is 0 Å². The highest BCUT2D eigenvalue weighted by molar-refractivity contribution is 5.77. The number of benzene rings is 1. The van der Waals surface area contributed by atoms with E-state index in [1.807, 2.05) is 24.3 Å². The van der Waals surface area contributed by atoms with E-state index in [9.17, 15) is 4.79 Å². The molecular formula is C12H15N4O. The van der Waals surface area contributed by atoms with Crippen LogP contribution in [0, 0.1) is 0 Å². The van der Waals surface area contributed by atoms with E-state index < -0.39 is 0 Å². The smallest absolute Gasteiger partial charge is 0.309 e. The van der Waals surface area contributed by atoms with Crippen molar-refractivity contribution in [1.82, 2.24) is 15.3 Å². The van der Waals surface area contributed by atoms with E-state index in [0.717, 1.165) is 36.4 Å². The molecule has 0 bridgehead atoms. The molecule has 0 aliphatic carbocycles. The molecule has 0 atom stereocenters. The average molecular weight is 231 g/mol. The van der Waals surface area contributed by atoms with Crippen LogP contribution in [0.15, 0.2) is 24.3 Å². The summed E-state index contributed by atoms with van der Waals surface area (Å²) in [4.78, 5) is 17.5. The summed E-state index contributed by atoms with van der Waals surface area (Å²) in [5.41, 5.74) is 2.00. The first-order chi connectivity index (χ1) is 8.40. The molecule has 0 saturated carbocycles. The van der Waals surface area contributed by atoms with Gasteiger partial charge in [0.2, 0.25) is 5.95 Å². The predicted octanol–water partition coefficient (Wildman–Crippen LogP) is 1.41. The summed E-state index contributed by atoms with van der Waals surface area (Å²) in [5, 5.41) is 5.73. The van der Waals surface area contributed by atoms with Crippen LogP contribution in [-0.4, -0.2) is 29.5 Å². The molecule has 5 heteroatoms. The highest BCUT2D eigenvalue weighted by Crippen LogP contribution is 2.12. The van der Waals surface area contributed by atoms with Gasteiger partial charge in [0.1, 0.15) is 0 Å². The number of imidazole rings is 1. The second-order valence-electron chi connectivity index (χ2n) is 3.77. The van der Waals surface area contributed by atoms with Crippen molar-refractivity contribution in [2.75, 3.05) is 18.4 Å². The molecule has 2 rings (SSSR count). The number of unbranched alkanes of at least 4 members (excludes halogenated alkanes) is 1. The monoisotopic (exact) mass is 231 g/mol. The van der Waals surface area contributed by atoms with Crippen molar-refractivity contribution in [2.24, 2.45) is 0 Å². The largest absolute Gasteiger partial charge is 0.356 e. The number of nitrogens with one attached hydrogen (secondary N) is 3. The van der Waals surface area contributed by atoms with Gasteiger partial charge >= 0.3 is 6.41 Å². The van der Waals surface area contributed by atoms with Crippen molar-refractivity contribution in [3.05, 3.63) is 24.3 Å². The fraction of sp³-hybridized carbons (Fsp3) is 0.333. The molecule has 5 nitrogen and oxygen atoms in total. The van der Waals surface area contributed by atoms with E-state index in [1.54, 1.807) is 6.41 Å². The van der Waals surface area contributed by atoms with Crippen LogP contribution in [0.1, 0.15) is 12.8 Å². The third kappa shape index (κ3) is 3.21. The Bertz CT molecular complexity index is 447. The van der Waals surface area contributed by atoms with E-state index in [2.05, 4.69) is 20.6 Å². The molecule has 1 heterocycles. The van der Waals surface area contributed by atoms with Gasteiger partial charge in [-0.3, -0.25) is 4.79 Å². The standard InChI is InChI=1S/C12H15N4O/c17-9-13-7-3-4-8-14-12-15-10-5-1-2-6-11(10)16-12/h1-2,5-6H,3-4,7-8H2,(H,13,17)(H2,14,15,16). The third-order valence-electron chi connectivity index (χ3n) is 2.48. The van der Waals surface area contributed by atoms with Gasteiger partial charge in [-0.05, 0) is 25.0 Å². The number of H-pyrrole nitrogens is 1. The third-order valence-corrected chi connectivity index (χ3v) is 2.48. The summed E-state index contributed by atoms with van der Waals surface area (Å²) < 4.78 is 0. The van der Waals surface area contributed by atoms with Gasteiger partial charge in [0, 0.05) is 13.1 Å². The summed E-state index contributed by atoms with van der Waals surface area (Å²) in [5.74, 6) is 0.793. The van der Waals surface area contributed by atoms with Crippen LogP contribution in [0.4, 0.5) is 5.95 Å². The summed E-state index contributed by atoms with van der Waals surface area (Å²) in [7, 11) is 0. The lowest BCUT2D eigenvalue weighted by atomic mass is 10.3. The molecule has 0 aliphatic heterocycles. The molecule has 0 saturated heterocycles. The van der Waals surface area contributed by atoms with E-state index in [0.29, 0.717) is 6.54 Å². The molecule has 3 N–H and O–H groups in total. The van der Waals surface area contributed by atoms with Crippen LogP contribution in [0.3, 0.4) is 0 Å². The number of hydrogen-bond donors (Lipinski definition) is 3. The van der Waals surface area contributed by atoms with Gasteiger partial charge in [-0.15, -0.1) is 0 Å². The number of fused-ring (bicyclic) bond motifs is 1. The minimum Gasteiger partial charge on any atom is -0.356 e. The van der Waals surface area contributed by atoms with E-state index in [1.165, 1.54) is 0 Å². The maximum absolute atomic E-state index is 9.89. The molecule has 89 valence electrons. The molecule has 1 radical (unpaired) electrons. The molecular weight excluding hydrogens is 216 g/mol. The van der Waals surface area contributed by atoms with E-state index in [-0.39, 0.29) is 0 Å². The Labute approximate surface area is 99.6 Å². The van der Waals surface area contributed by atoms with Crippen LogP contribution >= 0.6 is 0 Å². The summed E-state index contributed by atoms with van der Waals surface area (Å²) in [6.45, 7) is 1.51. The van der Waals surface area contributed by atoms with Crippen LogP contribution in [0.2, 0.25) is 0 Å². The average Bonchev–Trinajstić information content (AvgIpc) is 2.76. The lowest BCUT2D eigenvalue weighted by Crippen LogP contribution is -2.13. The van der Waals surface area contributed by atoms with Gasteiger partial charge in [-0.1, -0.05) is 12.1 Å². The number of rotatable bonds is 7. The Kier molecular flexibility index (Phi) is 3.96. The van der Waals surface area contributed by atoms with Crippen LogP contribution in [0.5, 0.6) is 0 Å². The Morgan fingerprint density at radius 3 is 2.88 bits per heavy atom. The molecule has 17 heavy (non-hydrogen) atoms. The molecule has 2 aromatic rings. The minimum atomic E-state index is 0.672. The van der Waals surface area contributed by atoms with Crippen molar-refractivity contribution in [2.45, 2.75) is 12.8 Å². The number of hydrogen-bond acceptors (Lipinski definition) is 3. The van der Waals surface area contributed by atoms with E-state index >= 15 is 0 Å². The maximum Gasteiger partial charge on any atom is 0.309 e. The van der Waals surface area contributed by atoms with Gasteiger partial charge in [0.15, 0.2) is 0 Å². The highest BCUT2D eigenvalue weighted by atomic mass is 16.1. The molecule has 1 amide bonds. The Hall–Kier alpha value is -2.04. The lowest BCUT2D eigenvalue weighted by molar-refractivity contribution is 0.539. The second kappa shape index (κ2) is 5.89. The van der Waals surface area contributed by atoms with Crippen LogP contribution in [0.25, 0.3) is 11.0 Å². The highest BCUT2D eigenvalue weighted by Gasteiger charge is 1.99. The SMILES string of the molecule is O=[C]NCCCCNc1nc2ccccc2[nH]1. The van der Waals surface area contributed by atoms with Gasteiger partial charge in [-0.25, -0.2) is 4.98 Å². The Morgan fingerprint density at radius 2 is 2.06 bits per heavy atom. The topological polar surface area (TPSA) is 69.8 Å². The molecule has 0 aliphatic rings. The van der Waals surface area contributed by atoms with Crippen molar-refractivity contribution < 1.29 is 4.79 Å². The summed E-state index contributed by atoms with van der Waals surface area (Å²) in [6, 6.07) is 7.92. The number of aromatic amines is 1. The predicted molar refractivity (Wildman–Crippen MR) is 67.5 cm³/mol. The molecule has 0 fully saturated rings. The number of para-hydroxylation sites is 2. The Morgan fingerprint density at radius 1 is 1.24 bits per heavy atom. The first kappa shape index (κ1) is 11.4. The lowest BCUT2D eigenvalue weighted by Gasteiger charge is -2.01. The molecule has 0 spiro atoms. The summed E-state index contributed by atoms with van der Waals surface area (Å²) in [6.07, 6.45) is 3.57. The van der Waals surface area contributed by atoms with Gasteiger partial charge in [0.25, 0.3) is 0 Å². The quantitative estimate of drug-likeness (QED) is 0.498. The van der Waals surface area contributed by atoms with Crippen molar-refractivity contribution in [3.63, 3.8) is 0 Å².